The molecule has 1 aromatic rings. The summed E-state index contributed by atoms with van der Waals surface area (Å²) < 4.78 is 0. The number of pyridine rings is 1. The van der Waals surface area contributed by atoms with Gasteiger partial charge in [-0.3, -0.25) is 4.90 Å². The van der Waals surface area contributed by atoms with Gasteiger partial charge in [-0.25, -0.2) is 4.98 Å². The highest BCUT2D eigenvalue weighted by molar-refractivity contribution is 6.30. The Bertz CT molecular complexity index is 354. The van der Waals surface area contributed by atoms with Crippen molar-refractivity contribution in [2.24, 2.45) is 5.92 Å². The summed E-state index contributed by atoms with van der Waals surface area (Å²) in [5.74, 6) is 0.798. The van der Waals surface area contributed by atoms with Crippen LogP contribution in [0.4, 0.5) is 0 Å². The fourth-order valence-corrected chi connectivity index (χ4v) is 2.54. The van der Waals surface area contributed by atoms with Crippen molar-refractivity contribution < 1.29 is 0 Å². The maximum atomic E-state index is 6.09. The largest absolute Gasteiger partial charge is 0.296 e. The fourth-order valence-electron chi connectivity index (χ4n) is 2.36. The Morgan fingerprint density at radius 2 is 2.25 bits per heavy atom. The molecule has 0 bridgehead atoms. The third-order valence-electron chi connectivity index (χ3n) is 3.46. The van der Waals surface area contributed by atoms with E-state index >= 15 is 0 Å². The average Bonchev–Trinajstić information content (AvgIpc) is 2.27. The van der Waals surface area contributed by atoms with Crippen LogP contribution < -0.4 is 0 Å². The third kappa shape index (κ3) is 2.74. The summed E-state index contributed by atoms with van der Waals surface area (Å²) in [6.07, 6.45) is 4.38. The maximum Gasteiger partial charge on any atom is 0.133 e. The molecule has 0 aromatic carbocycles. The molecule has 16 heavy (non-hydrogen) atoms. The predicted octanol–water partition coefficient (Wildman–Crippen LogP) is 3.36. The van der Waals surface area contributed by atoms with Gasteiger partial charge >= 0.3 is 0 Å². The second-order valence-corrected chi connectivity index (χ2v) is 5.27. The first kappa shape index (κ1) is 11.9. The van der Waals surface area contributed by atoms with Crippen LogP contribution in [0.1, 0.15) is 32.3 Å². The SMILES string of the molecule is CC1CCC(C)N(Cc2cccnc2Cl)C1. The molecule has 2 rings (SSSR count). The van der Waals surface area contributed by atoms with Gasteiger partial charge in [-0.1, -0.05) is 24.6 Å². The van der Waals surface area contributed by atoms with Gasteiger partial charge in [-0.15, -0.1) is 0 Å². The van der Waals surface area contributed by atoms with Gasteiger partial charge in [0.25, 0.3) is 0 Å². The zero-order chi connectivity index (χ0) is 11.5. The third-order valence-corrected chi connectivity index (χ3v) is 3.80. The molecule has 3 heteroatoms. The van der Waals surface area contributed by atoms with Crippen molar-refractivity contribution in [3.05, 3.63) is 29.0 Å². The fraction of sp³-hybridized carbons (Fsp3) is 0.615. The second-order valence-electron chi connectivity index (χ2n) is 4.91. The van der Waals surface area contributed by atoms with Gasteiger partial charge in [0, 0.05) is 30.9 Å². The van der Waals surface area contributed by atoms with Crippen LogP contribution in [0, 0.1) is 5.92 Å². The molecular weight excluding hydrogens is 220 g/mol. The van der Waals surface area contributed by atoms with E-state index in [0.717, 1.165) is 18.0 Å². The number of rotatable bonds is 2. The first-order chi connectivity index (χ1) is 7.66. The molecule has 1 aliphatic heterocycles. The van der Waals surface area contributed by atoms with Crippen LogP contribution in [0.15, 0.2) is 18.3 Å². The van der Waals surface area contributed by atoms with E-state index in [4.69, 9.17) is 11.6 Å². The highest BCUT2D eigenvalue weighted by Crippen LogP contribution is 2.24. The molecule has 0 N–H and O–H groups in total. The normalized spacial score (nSPS) is 26.9. The Kier molecular flexibility index (Phi) is 3.82. The van der Waals surface area contributed by atoms with Crippen molar-refractivity contribution in [1.29, 1.82) is 0 Å². The number of halogens is 1. The van der Waals surface area contributed by atoms with Crippen LogP contribution in [0.3, 0.4) is 0 Å². The first-order valence-corrected chi connectivity index (χ1v) is 6.38. The summed E-state index contributed by atoms with van der Waals surface area (Å²) in [5.41, 5.74) is 1.14. The van der Waals surface area contributed by atoms with E-state index in [1.807, 2.05) is 6.07 Å². The van der Waals surface area contributed by atoms with E-state index in [1.165, 1.54) is 19.4 Å². The number of aromatic nitrogens is 1. The number of hydrogen-bond acceptors (Lipinski definition) is 2. The lowest BCUT2D eigenvalue weighted by atomic mass is 9.95. The number of hydrogen-bond donors (Lipinski definition) is 0. The molecule has 2 unspecified atom stereocenters. The predicted molar refractivity (Wildman–Crippen MR) is 67.5 cm³/mol. The van der Waals surface area contributed by atoms with Gasteiger partial charge in [-0.05, 0) is 31.7 Å². The van der Waals surface area contributed by atoms with Crippen LogP contribution in [-0.2, 0) is 6.54 Å². The molecule has 2 nitrogen and oxygen atoms in total. The molecule has 0 radical (unpaired) electrons. The monoisotopic (exact) mass is 238 g/mol. The van der Waals surface area contributed by atoms with Crippen LogP contribution in [0.2, 0.25) is 5.15 Å². The lowest BCUT2D eigenvalue weighted by molar-refractivity contribution is 0.117. The zero-order valence-electron chi connectivity index (χ0n) is 9.99. The summed E-state index contributed by atoms with van der Waals surface area (Å²) in [6.45, 7) is 6.73. The minimum Gasteiger partial charge on any atom is -0.296 e. The number of nitrogens with zero attached hydrogens (tertiary/aromatic N) is 2. The quantitative estimate of drug-likeness (QED) is 0.735. The zero-order valence-corrected chi connectivity index (χ0v) is 10.7. The van der Waals surface area contributed by atoms with E-state index in [-0.39, 0.29) is 0 Å². The summed E-state index contributed by atoms with van der Waals surface area (Å²) in [4.78, 5) is 6.64. The Labute approximate surface area is 103 Å². The van der Waals surface area contributed by atoms with Crippen LogP contribution in [0.25, 0.3) is 0 Å². The maximum absolute atomic E-state index is 6.09. The van der Waals surface area contributed by atoms with Crippen molar-refractivity contribution in [1.82, 2.24) is 9.88 Å². The average molecular weight is 239 g/mol. The highest BCUT2D eigenvalue weighted by atomic mass is 35.5. The highest BCUT2D eigenvalue weighted by Gasteiger charge is 2.23. The Morgan fingerprint density at radius 1 is 1.44 bits per heavy atom. The van der Waals surface area contributed by atoms with E-state index < -0.39 is 0 Å². The molecule has 0 spiro atoms. The topological polar surface area (TPSA) is 16.1 Å². The Hall–Kier alpha value is -0.600. The molecule has 1 aliphatic rings. The summed E-state index contributed by atoms with van der Waals surface area (Å²) in [7, 11) is 0. The first-order valence-electron chi connectivity index (χ1n) is 6.00. The Morgan fingerprint density at radius 3 is 3.00 bits per heavy atom. The molecule has 1 fully saturated rings. The van der Waals surface area contributed by atoms with Crippen LogP contribution in [0.5, 0.6) is 0 Å². The van der Waals surface area contributed by atoms with Gasteiger partial charge in [0.2, 0.25) is 0 Å². The van der Waals surface area contributed by atoms with E-state index in [1.54, 1.807) is 6.20 Å². The number of likely N-dealkylation sites (tertiary alicyclic amines) is 1. The van der Waals surface area contributed by atoms with Crippen molar-refractivity contribution in [3.63, 3.8) is 0 Å². The van der Waals surface area contributed by atoms with Crippen molar-refractivity contribution in [3.8, 4) is 0 Å². The lowest BCUT2D eigenvalue weighted by Gasteiger charge is -2.36. The van der Waals surface area contributed by atoms with Gasteiger partial charge in [0.15, 0.2) is 0 Å². The van der Waals surface area contributed by atoms with E-state index in [2.05, 4.69) is 29.8 Å². The smallest absolute Gasteiger partial charge is 0.133 e. The molecule has 0 amide bonds. The van der Waals surface area contributed by atoms with Crippen LogP contribution >= 0.6 is 11.6 Å². The standard InChI is InChI=1S/C13H19ClN2/c1-10-5-6-11(2)16(8-10)9-12-4-3-7-15-13(12)14/h3-4,7,10-11H,5-6,8-9H2,1-2H3. The molecule has 88 valence electrons. The molecule has 2 atom stereocenters. The van der Waals surface area contributed by atoms with Crippen molar-refractivity contribution in [2.75, 3.05) is 6.54 Å². The van der Waals surface area contributed by atoms with Gasteiger partial charge < -0.3 is 0 Å². The van der Waals surface area contributed by atoms with Gasteiger partial charge in [0.05, 0.1) is 0 Å². The Balaban J connectivity index is 2.06. The minimum absolute atomic E-state index is 0.646. The van der Waals surface area contributed by atoms with Crippen molar-refractivity contribution >= 4 is 11.6 Å². The second kappa shape index (κ2) is 5.15. The molecule has 1 aromatic heterocycles. The summed E-state index contributed by atoms with van der Waals surface area (Å²) in [6, 6.07) is 4.69. The van der Waals surface area contributed by atoms with Gasteiger partial charge in [-0.2, -0.15) is 0 Å². The lowest BCUT2D eigenvalue weighted by Crippen LogP contribution is -2.40. The molecule has 0 aliphatic carbocycles. The number of piperidine rings is 1. The van der Waals surface area contributed by atoms with E-state index in [0.29, 0.717) is 11.2 Å². The van der Waals surface area contributed by atoms with E-state index in [9.17, 15) is 0 Å². The van der Waals surface area contributed by atoms with Crippen molar-refractivity contribution in [2.45, 2.75) is 39.3 Å². The van der Waals surface area contributed by atoms with Crippen LogP contribution in [-0.4, -0.2) is 22.5 Å². The molecule has 1 saturated heterocycles. The minimum atomic E-state index is 0.646. The molecule has 2 heterocycles. The molecule has 0 saturated carbocycles. The summed E-state index contributed by atoms with van der Waals surface area (Å²) in [5, 5.41) is 0.646. The van der Waals surface area contributed by atoms with Gasteiger partial charge in [0.1, 0.15) is 5.15 Å². The summed E-state index contributed by atoms with van der Waals surface area (Å²) >= 11 is 6.09. The molecular formula is C13H19ClN2.